The van der Waals surface area contributed by atoms with Crippen LogP contribution < -0.4 is 5.32 Å². The molecule has 1 amide bonds. The zero-order valence-electron chi connectivity index (χ0n) is 23.2. The van der Waals surface area contributed by atoms with Gasteiger partial charge in [-0.05, 0) is 59.9 Å². The van der Waals surface area contributed by atoms with E-state index in [1.165, 1.54) is 10.9 Å². The van der Waals surface area contributed by atoms with Crippen molar-refractivity contribution in [2.75, 3.05) is 6.61 Å². The number of nitrogens with zero attached hydrogens (tertiary/aromatic N) is 1. The number of aliphatic hydroxyl groups is 1. The van der Waals surface area contributed by atoms with Gasteiger partial charge in [-0.25, -0.2) is 0 Å². The SMILES string of the molecule is CC1CCc2c(n(Cc3ccc(C(C(=O)N[C@@H](CO)c4ccccc4)C4CCCC4)cc3)c3ccccc23)C1=O. The van der Waals surface area contributed by atoms with Gasteiger partial charge in [-0.15, -0.1) is 0 Å². The molecule has 1 saturated carbocycles. The number of hydrogen-bond acceptors (Lipinski definition) is 3. The van der Waals surface area contributed by atoms with Crippen molar-refractivity contribution in [1.29, 1.82) is 0 Å². The number of aliphatic hydroxyl groups excluding tert-OH is 1. The van der Waals surface area contributed by atoms with Crippen LogP contribution in [0.4, 0.5) is 0 Å². The molecule has 2 unspecified atom stereocenters. The number of hydrogen-bond donors (Lipinski definition) is 2. The van der Waals surface area contributed by atoms with Gasteiger partial charge in [-0.2, -0.15) is 0 Å². The number of Topliss-reactive ketones (excluding diaryl/α,β-unsaturated/α-hetero) is 1. The first-order valence-corrected chi connectivity index (χ1v) is 14.7. The zero-order valence-corrected chi connectivity index (χ0v) is 23.2. The van der Waals surface area contributed by atoms with Crippen LogP contribution in [0.2, 0.25) is 0 Å². The quantitative estimate of drug-likeness (QED) is 0.268. The molecular weight excluding hydrogens is 496 g/mol. The molecule has 2 N–H and O–H groups in total. The molecule has 1 fully saturated rings. The van der Waals surface area contributed by atoms with Crippen LogP contribution in [-0.2, 0) is 17.8 Å². The van der Waals surface area contributed by atoms with Crippen molar-refractivity contribution < 1.29 is 14.7 Å². The smallest absolute Gasteiger partial charge is 0.228 e. The van der Waals surface area contributed by atoms with E-state index >= 15 is 0 Å². The third-order valence-corrected chi connectivity index (χ3v) is 9.12. The van der Waals surface area contributed by atoms with Crippen LogP contribution >= 0.6 is 0 Å². The molecule has 3 atom stereocenters. The van der Waals surface area contributed by atoms with E-state index in [-0.39, 0.29) is 30.1 Å². The van der Waals surface area contributed by atoms with Crippen molar-refractivity contribution >= 4 is 22.6 Å². The molecule has 1 aromatic heterocycles. The van der Waals surface area contributed by atoms with Crippen molar-refractivity contribution in [2.45, 2.75) is 64.0 Å². The Bertz CT molecular complexity index is 1500. The standard InChI is InChI=1S/C35H38N2O3/c1-23-15-20-29-28-13-7-8-14-31(28)37(33(29)34(23)39)21-24-16-18-27(19-17-24)32(26-11-5-6-12-26)35(40)36-30(22-38)25-9-3-2-4-10-25/h2-4,7-10,13-14,16-19,23,26,30,32,38H,5-6,11-12,15,20-22H2,1H3,(H,36,40)/t23?,30-,32?/m0/s1. The number of aryl methyl sites for hydroxylation is 1. The molecule has 0 spiro atoms. The topological polar surface area (TPSA) is 71.3 Å². The molecule has 0 radical (unpaired) electrons. The van der Waals surface area contributed by atoms with Gasteiger partial charge in [-0.1, -0.05) is 92.6 Å². The van der Waals surface area contributed by atoms with E-state index in [4.69, 9.17) is 0 Å². The molecular formula is C35H38N2O3. The van der Waals surface area contributed by atoms with Crippen molar-refractivity contribution in [3.63, 3.8) is 0 Å². The third-order valence-electron chi connectivity index (χ3n) is 9.12. The number of fused-ring (bicyclic) bond motifs is 3. The van der Waals surface area contributed by atoms with Crippen molar-refractivity contribution in [1.82, 2.24) is 9.88 Å². The summed E-state index contributed by atoms with van der Waals surface area (Å²) in [6, 6.07) is 26.0. The predicted octanol–water partition coefficient (Wildman–Crippen LogP) is 6.58. The summed E-state index contributed by atoms with van der Waals surface area (Å²) >= 11 is 0. The Morgan fingerprint density at radius 1 is 0.925 bits per heavy atom. The second kappa shape index (κ2) is 11.4. The summed E-state index contributed by atoms with van der Waals surface area (Å²) in [6.07, 6.45) is 6.21. The second-order valence-corrected chi connectivity index (χ2v) is 11.7. The molecule has 5 heteroatoms. The zero-order chi connectivity index (χ0) is 27.6. The number of carbonyl (C=O) groups excluding carboxylic acids is 2. The van der Waals surface area contributed by atoms with Crippen LogP contribution in [0.3, 0.4) is 0 Å². The highest BCUT2D eigenvalue weighted by molar-refractivity contribution is 6.05. The molecule has 5 nitrogen and oxygen atoms in total. The van der Waals surface area contributed by atoms with Gasteiger partial charge >= 0.3 is 0 Å². The number of aromatic nitrogens is 1. The molecule has 4 aromatic rings. The van der Waals surface area contributed by atoms with Crippen LogP contribution in [0.5, 0.6) is 0 Å². The minimum Gasteiger partial charge on any atom is -0.394 e. The van der Waals surface area contributed by atoms with Crippen LogP contribution in [-0.4, -0.2) is 28.0 Å². The summed E-state index contributed by atoms with van der Waals surface area (Å²) in [4.78, 5) is 27.0. The molecule has 206 valence electrons. The van der Waals surface area contributed by atoms with Gasteiger partial charge in [0.1, 0.15) is 0 Å². The highest BCUT2D eigenvalue weighted by Crippen LogP contribution is 2.39. The van der Waals surface area contributed by atoms with Crippen molar-refractivity contribution in [3.05, 3.63) is 107 Å². The summed E-state index contributed by atoms with van der Waals surface area (Å²) in [5.41, 5.74) is 6.19. The first kappa shape index (κ1) is 26.5. The molecule has 2 aliphatic rings. The molecule has 0 aliphatic heterocycles. The maximum Gasteiger partial charge on any atom is 0.228 e. The minimum atomic E-state index is -0.426. The first-order chi connectivity index (χ1) is 19.5. The maximum atomic E-state index is 13.7. The first-order valence-electron chi connectivity index (χ1n) is 14.7. The molecule has 1 heterocycles. The van der Waals surface area contributed by atoms with Gasteiger partial charge in [0.15, 0.2) is 5.78 Å². The Hall–Kier alpha value is -3.70. The van der Waals surface area contributed by atoms with Gasteiger partial charge < -0.3 is 15.0 Å². The fraction of sp³-hybridized carbons (Fsp3) is 0.371. The lowest BCUT2D eigenvalue weighted by Gasteiger charge is -2.26. The monoisotopic (exact) mass is 534 g/mol. The normalized spacial score (nSPS) is 18.9. The summed E-state index contributed by atoms with van der Waals surface area (Å²) in [5.74, 6) is 0.302. The molecule has 0 bridgehead atoms. The number of para-hydroxylation sites is 1. The number of nitrogens with one attached hydrogen (secondary N) is 1. The van der Waals surface area contributed by atoms with E-state index in [1.54, 1.807) is 0 Å². The van der Waals surface area contributed by atoms with E-state index in [2.05, 4.69) is 52.3 Å². The fourth-order valence-electron chi connectivity index (χ4n) is 6.92. The summed E-state index contributed by atoms with van der Waals surface area (Å²) in [5, 5.41) is 14.4. The lowest BCUT2D eigenvalue weighted by Crippen LogP contribution is -2.37. The minimum absolute atomic E-state index is 0.0207. The highest BCUT2D eigenvalue weighted by Gasteiger charge is 2.34. The molecule has 6 rings (SSSR count). The highest BCUT2D eigenvalue weighted by atomic mass is 16.3. The van der Waals surface area contributed by atoms with Crippen molar-refractivity contribution in [2.24, 2.45) is 11.8 Å². The van der Waals surface area contributed by atoms with Crippen LogP contribution in [0.25, 0.3) is 10.9 Å². The predicted molar refractivity (Wildman–Crippen MR) is 158 cm³/mol. The molecule has 3 aromatic carbocycles. The van der Waals surface area contributed by atoms with Crippen molar-refractivity contribution in [3.8, 4) is 0 Å². The Balaban J connectivity index is 1.28. The van der Waals surface area contributed by atoms with Crippen LogP contribution in [0, 0.1) is 11.8 Å². The number of carbonyl (C=O) groups is 2. The second-order valence-electron chi connectivity index (χ2n) is 11.7. The number of ketones is 1. The van der Waals surface area contributed by atoms with Gasteiger partial charge in [0.25, 0.3) is 0 Å². The van der Waals surface area contributed by atoms with Gasteiger partial charge in [0.2, 0.25) is 5.91 Å². The Morgan fingerprint density at radius 2 is 1.62 bits per heavy atom. The van der Waals surface area contributed by atoms with E-state index in [9.17, 15) is 14.7 Å². The largest absolute Gasteiger partial charge is 0.394 e. The van der Waals surface area contributed by atoms with Gasteiger partial charge in [0, 0.05) is 23.4 Å². The molecule has 2 aliphatic carbocycles. The van der Waals surface area contributed by atoms with E-state index in [1.807, 2.05) is 43.3 Å². The van der Waals surface area contributed by atoms with Crippen LogP contribution in [0.1, 0.15) is 83.7 Å². The number of amides is 1. The van der Waals surface area contributed by atoms with Crippen LogP contribution in [0.15, 0.2) is 78.9 Å². The Morgan fingerprint density at radius 3 is 2.35 bits per heavy atom. The Labute approximate surface area is 236 Å². The fourth-order valence-corrected chi connectivity index (χ4v) is 6.92. The lowest BCUT2D eigenvalue weighted by atomic mass is 9.83. The van der Waals surface area contributed by atoms with Gasteiger partial charge in [-0.3, -0.25) is 9.59 Å². The molecule has 40 heavy (non-hydrogen) atoms. The van der Waals surface area contributed by atoms with Gasteiger partial charge in [0.05, 0.1) is 24.3 Å². The summed E-state index contributed by atoms with van der Waals surface area (Å²) in [7, 11) is 0. The molecule has 0 saturated heterocycles. The maximum absolute atomic E-state index is 13.7. The number of benzene rings is 3. The summed E-state index contributed by atoms with van der Waals surface area (Å²) in [6.45, 7) is 2.52. The summed E-state index contributed by atoms with van der Waals surface area (Å²) < 4.78 is 2.20. The lowest BCUT2D eigenvalue weighted by molar-refractivity contribution is -0.124. The third kappa shape index (κ3) is 4.99. The van der Waals surface area contributed by atoms with E-state index in [0.717, 1.165) is 66.4 Å². The Kier molecular flexibility index (Phi) is 7.57. The average Bonchev–Trinajstić information content (AvgIpc) is 3.62. The van der Waals surface area contributed by atoms with E-state index < -0.39 is 6.04 Å². The number of rotatable bonds is 8. The average molecular weight is 535 g/mol. The van der Waals surface area contributed by atoms with E-state index in [0.29, 0.717) is 12.5 Å².